The molecule has 1 rings (SSSR count). The van der Waals surface area contributed by atoms with Crippen molar-refractivity contribution >= 4 is 15.9 Å². The molecule has 1 aromatic carbocycles. The molecule has 2 heteroatoms. The van der Waals surface area contributed by atoms with Crippen LogP contribution in [-0.2, 0) is 0 Å². The summed E-state index contributed by atoms with van der Waals surface area (Å²) in [6.45, 7) is 2.05. The van der Waals surface area contributed by atoms with Crippen molar-refractivity contribution in [2.45, 2.75) is 13.0 Å². The molecule has 0 aromatic heterocycles. The van der Waals surface area contributed by atoms with Gasteiger partial charge in [-0.1, -0.05) is 34.0 Å². The molecular formula is C11H12BrN. The lowest BCUT2D eigenvalue weighted by Gasteiger charge is -2.12. The molecule has 0 aliphatic heterocycles. The summed E-state index contributed by atoms with van der Waals surface area (Å²) in [7, 11) is 1.86. The van der Waals surface area contributed by atoms with Crippen LogP contribution in [0, 0.1) is 19.3 Å². The van der Waals surface area contributed by atoms with Gasteiger partial charge in [0.2, 0.25) is 0 Å². The zero-order chi connectivity index (χ0) is 9.84. The minimum Gasteiger partial charge on any atom is -0.303 e. The number of hydrogen-bond donors (Lipinski definition) is 1. The largest absolute Gasteiger partial charge is 0.303 e. The molecule has 0 bridgehead atoms. The Labute approximate surface area is 87.7 Å². The molecule has 1 atom stereocenters. The van der Waals surface area contributed by atoms with E-state index >= 15 is 0 Å². The Morgan fingerprint density at radius 2 is 2.23 bits per heavy atom. The van der Waals surface area contributed by atoms with Crippen molar-refractivity contribution in [3.05, 3.63) is 33.8 Å². The SMILES string of the molecule is C#CC(NC)c1ccc(C)cc1Br. The molecule has 0 fully saturated rings. The van der Waals surface area contributed by atoms with Gasteiger partial charge in [-0.2, -0.15) is 0 Å². The smallest absolute Gasteiger partial charge is 0.0951 e. The molecule has 1 unspecified atom stereocenters. The van der Waals surface area contributed by atoms with E-state index in [2.05, 4.69) is 46.2 Å². The van der Waals surface area contributed by atoms with Crippen molar-refractivity contribution < 1.29 is 0 Å². The van der Waals surface area contributed by atoms with Gasteiger partial charge in [-0.25, -0.2) is 0 Å². The lowest BCUT2D eigenvalue weighted by Crippen LogP contribution is -2.14. The van der Waals surface area contributed by atoms with E-state index in [4.69, 9.17) is 6.42 Å². The first-order chi connectivity index (χ1) is 6.19. The molecule has 0 saturated carbocycles. The number of rotatable bonds is 2. The van der Waals surface area contributed by atoms with Gasteiger partial charge in [0.15, 0.2) is 0 Å². The first kappa shape index (κ1) is 10.3. The van der Waals surface area contributed by atoms with Crippen LogP contribution in [-0.4, -0.2) is 7.05 Å². The van der Waals surface area contributed by atoms with E-state index in [0.29, 0.717) is 0 Å². The summed E-state index contributed by atoms with van der Waals surface area (Å²) in [5.41, 5.74) is 2.33. The summed E-state index contributed by atoms with van der Waals surface area (Å²) in [6.07, 6.45) is 5.39. The average molecular weight is 238 g/mol. The fourth-order valence-corrected chi connectivity index (χ4v) is 1.92. The van der Waals surface area contributed by atoms with Crippen molar-refractivity contribution in [3.8, 4) is 12.3 Å². The molecule has 1 nitrogen and oxygen atoms in total. The van der Waals surface area contributed by atoms with Crippen molar-refractivity contribution in [2.75, 3.05) is 7.05 Å². The fraction of sp³-hybridized carbons (Fsp3) is 0.273. The first-order valence-electron chi connectivity index (χ1n) is 4.08. The van der Waals surface area contributed by atoms with Gasteiger partial charge in [0.05, 0.1) is 6.04 Å². The van der Waals surface area contributed by atoms with Gasteiger partial charge in [-0.05, 0) is 31.2 Å². The van der Waals surface area contributed by atoms with E-state index < -0.39 is 0 Å². The summed E-state index contributed by atoms with van der Waals surface area (Å²) in [4.78, 5) is 0. The standard InChI is InChI=1S/C11H12BrN/c1-4-11(13-3)9-6-5-8(2)7-10(9)12/h1,5-7,11,13H,2-3H3. The normalized spacial score (nSPS) is 12.2. The van der Waals surface area contributed by atoms with E-state index in [9.17, 15) is 0 Å². The molecule has 0 amide bonds. The van der Waals surface area contributed by atoms with E-state index in [1.54, 1.807) is 0 Å². The Morgan fingerprint density at radius 1 is 1.54 bits per heavy atom. The van der Waals surface area contributed by atoms with Crippen LogP contribution < -0.4 is 5.32 Å². The van der Waals surface area contributed by atoms with Crippen molar-refractivity contribution in [2.24, 2.45) is 0 Å². The molecule has 68 valence electrons. The molecule has 1 aromatic rings. The Hall–Kier alpha value is -0.780. The van der Waals surface area contributed by atoms with Gasteiger partial charge in [0.1, 0.15) is 0 Å². The quantitative estimate of drug-likeness (QED) is 0.781. The predicted molar refractivity (Wildman–Crippen MR) is 59.5 cm³/mol. The highest BCUT2D eigenvalue weighted by molar-refractivity contribution is 9.10. The molecule has 1 N–H and O–H groups in total. The number of nitrogens with one attached hydrogen (secondary N) is 1. The first-order valence-corrected chi connectivity index (χ1v) is 4.87. The maximum absolute atomic E-state index is 5.39. The zero-order valence-electron chi connectivity index (χ0n) is 7.76. The molecule has 0 aliphatic carbocycles. The molecule has 0 saturated heterocycles. The van der Waals surface area contributed by atoms with Crippen LogP contribution in [0.25, 0.3) is 0 Å². The maximum atomic E-state index is 5.39. The Kier molecular flexibility index (Phi) is 3.53. The number of halogens is 1. The minimum absolute atomic E-state index is 0.0185. The molecular weight excluding hydrogens is 226 g/mol. The predicted octanol–water partition coefficient (Wildman–Crippen LogP) is 2.65. The Bertz CT molecular complexity index is 338. The van der Waals surface area contributed by atoms with Crippen LogP contribution in [0.3, 0.4) is 0 Å². The van der Waals surface area contributed by atoms with Gasteiger partial charge in [-0.3, -0.25) is 0 Å². The third kappa shape index (κ3) is 2.33. The van der Waals surface area contributed by atoms with E-state index in [1.165, 1.54) is 5.56 Å². The summed E-state index contributed by atoms with van der Waals surface area (Å²) >= 11 is 3.49. The van der Waals surface area contributed by atoms with Crippen molar-refractivity contribution in [1.29, 1.82) is 0 Å². The van der Waals surface area contributed by atoms with Gasteiger partial charge in [0, 0.05) is 4.47 Å². The zero-order valence-corrected chi connectivity index (χ0v) is 9.35. The van der Waals surface area contributed by atoms with Gasteiger partial charge in [-0.15, -0.1) is 6.42 Å². The van der Waals surface area contributed by atoms with E-state index in [-0.39, 0.29) is 6.04 Å². The number of aryl methyl sites for hydroxylation is 1. The van der Waals surface area contributed by atoms with Gasteiger partial charge < -0.3 is 5.32 Å². The molecule has 0 spiro atoms. The number of terminal acetylenes is 1. The summed E-state index contributed by atoms with van der Waals surface area (Å²) < 4.78 is 1.06. The van der Waals surface area contributed by atoms with Crippen molar-refractivity contribution in [1.82, 2.24) is 5.32 Å². The third-order valence-corrected chi connectivity index (χ3v) is 2.61. The second kappa shape index (κ2) is 4.45. The number of benzene rings is 1. The lowest BCUT2D eigenvalue weighted by atomic mass is 10.1. The van der Waals surface area contributed by atoms with Crippen LogP contribution in [0.15, 0.2) is 22.7 Å². The molecule has 13 heavy (non-hydrogen) atoms. The van der Waals surface area contributed by atoms with E-state index in [0.717, 1.165) is 10.0 Å². The highest BCUT2D eigenvalue weighted by Crippen LogP contribution is 2.23. The maximum Gasteiger partial charge on any atom is 0.0951 e. The third-order valence-electron chi connectivity index (χ3n) is 1.92. The van der Waals surface area contributed by atoms with E-state index in [1.807, 2.05) is 13.1 Å². The molecule has 0 heterocycles. The fourth-order valence-electron chi connectivity index (χ4n) is 1.19. The minimum atomic E-state index is -0.0185. The van der Waals surface area contributed by atoms with Crippen LogP contribution >= 0.6 is 15.9 Å². The van der Waals surface area contributed by atoms with Gasteiger partial charge in [0.25, 0.3) is 0 Å². The molecule has 0 radical (unpaired) electrons. The van der Waals surface area contributed by atoms with Crippen LogP contribution in [0.1, 0.15) is 17.2 Å². The highest BCUT2D eigenvalue weighted by Gasteiger charge is 2.08. The summed E-state index contributed by atoms with van der Waals surface area (Å²) in [5.74, 6) is 2.69. The Morgan fingerprint density at radius 3 is 2.69 bits per heavy atom. The lowest BCUT2D eigenvalue weighted by molar-refractivity contribution is 0.733. The second-order valence-electron chi connectivity index (χ2n) is 2.91. The van der Waals surface area contributed by atoms with Crippen LogP contribution in [0.4, 0.5) is 0 Å². The van der Waals surface area contributed by atoms with Gasteiger partial charge >= 0.3 is 0 Å². The second-order valence-corrected chi connectivity index (χ2v) is 3.77. The summed E-state index contributed by atoms with van der Waals surface area (Å²) in [5, 5.41) is 3.06. The topological polar surface area (TPSA) is 12.0 Å². The molecule has 0 aliphatic rings. The average Bonchev–Trinajstić information content (AvgIpc) is 2.10. The van der Waals surface area contributed by atoms with Crippen LogP contribution in [0.5, 0.6) is 0 Å². The highest BCUT2D eigenvalue weighted by atomic mass is 79.9. The van der Waals surface area contributed by atoms with Crippen molar-refractivity contribution in [3.63, 3.8) is 0 Å². The Balaban J connectivity index is 3.09. The van der Waals surface area contributed by atoms with Crippen LogP contribution in [0.2, 0.25) is 0 Å². The summed E-state index contributed by atoms with van der Waals surface area (Å²) in [6, 6.07) is 6.15. The monoisotopic (exact) mass is 237 g/mol. The number of hydrogen-bond acceptors (Lipinski definition) is 1.